The number of benzene rings is 1. The van der Waals surface area contributed by atoms with Gasteiger partial charge in [-0.2, -0.15) is 0 Å². The summed E-state index contributed by atoms with van der Waals surface area (Å²) in [7, 11) is 7.28. The fraction of sp³-hybridized carbons (Fsp3) is 0.200. The number of ether oxygens (including phenoxy) is 1. The zero-order chi connectivity index (χ0) is 13.7. The first-order chi connectivity index (χ1) is 8.49. The maximum Gasteiger partial charge on any atom is 0.118 e. The lowest BCUT2D eigenvalue weighted by Crippen LogP contribution is -1.90. The summed E-state index contributed by atoms with van der Waals surface area (Å²) >= 11 is 6.28. The molecule has 0 aliphatic rings. The molecule has 1 aromatic rings. The molecule has 92 valence electrons. The Hall–Kier alpha value is -1.41. The number of hydrogen-bond acceptors (Lipinski definition) is 1. The van der Waals surface area contributed by atoms with Crippen LogP contribution in [-0.2, 0) is 4.74 Å². The molecule has 0 amide bonds. The number of rotatable bonds is 4. The first kappa shape index (κ1) is 14.7. The Bertz CT molecular complexity index is 511. The van der Waals surface area contributed by atoms with Crippen LogP contribution in [0.5, 0.6) is 0 Å². The summed E-state index contributed by atoms with van der Waals surface area (Å²) in [6.45, 7) is 7.60. The lowest BCUT2D eigenvalue weighted by atomic mass is 9.92. The van der Waals surface area contributed by atoms with E-state index in [4.69, 9.17) is 24.2 Å². The van der Waals surface area contributed by atoms with Gasteiger partial charge >= 0.3 is 0 Å². The van der Waals surface area contributed by atoms with E-state index in [-0.39, 0.29) is 0 Å². The minimum Gasteiger partial charge on any atom is -0.497 e. The van der Waals surface area contributed by atoms with Crippen LogP contribution in [-0.4, -0.2) is 15.0 Å². The predicted octanol–water partition coefficient (Wildman–Crippen LogP) is 4.43. The van der Waals surface area contributed by atoms with Gasteiger partial charge in [0, 0.05) is 10.6 Å². The van der Waals surface area contributed by atoms with Gasteiger partial charge in [-0.3, -0.25) is 0 Å². The molecule has 0 aromatic heterocycles. The Labute approximate surface area is 115 Å². The standard InChI is InChI=1S/C15H16BClO/c1-5-12(8-10(2)16)14-7-6-13(9-15(14)17)11(3)18-4/h5-9H,3H2,1-2,4H3/b10-8+,12-5+. The zero-order valence-electron chi connectivity index (χ0n) is 11.0. The van der Waals surface area contributed by atoms with E-state index < -0.39 is 0 Å². The maximum absolute atomic E-state index is 6.28. The maximum atomic E-state index is 6.28. The molecule has 0 bridgehead atoms. The minimum atomic E-state index is 0.594. The topological polar surface area (TPSA) is 9.23 Å². The first-order valence-electron chi connectivity index (χ1n) is 5.62. The van der Waals surface area contributed by atoms with Crippen molar-refractivity contribution in [3.8, 4) is 0 Å². The molecule has 0 atom stereocenters. The number of methoxy groups -OCH3 is 1. The van der Waals surface area contributed by atoms with Crippen LogP contribution in [0.25, 0.3) is 11.3 Å². The molecular weight excluding hydrogens is 242 g/mol. The molecule has 0 aliphatic carbocycles. The van der Waals surface area contributed by atoms with Crippen molar-refractivity contribution < 1.29 is 4.74 Å². The van der Waals surface area contributed by atoms with Crippen molar-refractivity contribution in [3.63, 3.8) is 0 Å². The zero-order valence-corrected chi connectivity index (χ0v) is 11.7. The highest BCUT2D eigenvalue weighted by atomic mass is 35.5. The molecule has 0 heterocycles. The molecule has 18 heavy (non-hydrogen) atoms. The van der Waals surface area contributed by atoms with Gasteiger partial charge in [0.15, 0.2) is 0 Å². The van der Waals surface area contributed by atoms with Gasteiger partial charge in [-0.05, 0) is 24.1 Å². The van der Waals surface area contributed by atoms with Crippen molar-refractivity contribution in [2.24, 2.45) is 0 Å². The van der Waals surface area contributed by atoms with E-state index in [9.17, 15) is 0 Å². The van der Waals surface area contributed by atoms with Crippen molar-refractivity contribution in [3.05, 3.63) is 58.6 Å². The highest BCUT2D eigenvalue weighted by Crippen LogP contribution is 2.28. The van der Waals surface area contributed by atoms with Crippen molar-refractivity contribution in [1.82, 2.24) is 0 Å². The van der Waals surface area contributed by atoms with Crippen molar-refractivity contribution >= 4 is 30.8 Å². The van der Waals surface area contributed by atoms with Crippen molar-refractivity contribution in [2.75, 3.05) is 7.11 Å². The normalized spacial score (nSPS) is 12.4. The molecule has 1 aromatic carbocycles. The highest BCUT2D eigenvalue weighted by molar-refractivity contribution is 6.32. The van der Waals surface area contributed by atoms with Crippen LogP contribution < -0.4 is 0 Å². The minimum absolute atomic E-state index is 0.594. The van der Waals surface area contributed by atoms with E-state index in [2.05, 4.69) is 6.58 Å². The predicted molar refractivity (Wildman–Crippen MR) is 80.7 cm³/mol. The molecule has 1 rings (SSSR count). The van der Waals surface area contributed by atoms with Crippen LogP contribution in [0.2, 0.25) is 5.02 Å². The van der Waals surface area contributed by atoms with E-state index in [1.807, 2.05) is 44.2 Å². The largest absolute Gasteiger partial charge is 0.497 e. The highest BCUT2D eigenvalue weighted by Gasteiger charge is 2.07. The first-order valence-corrected chi connectivity index (χ1v) is 6.00. The van der Waals surface area contributed by atoms with Crippen LogP contribution in [0, 0.1) is 0 Å². The fourth-order valence-corrected chi connectivity index (χ4v) is 1.89. The molecule has 0 fully saturated rings. The Morgan fingerprint density at radius 2 is 2.11 bits per heavy atom. The number of hydrogen-bond donors (Lipinski definition) is 0. The molecule has 0 unspecified atom stereocenters. The average molecular weight is 259 g/mol. The lowest BCUT2D eigenvalue weighted by Gasteiger charge is -2.10. The molecule has 0 aliphatic heterocycles. The van der Waals surface area contributed by atoms with Crippen LogP contribution in [0.3, 0.4) is 0 Å². The van der Waals surface area contributed by atoms with Gasteiger partial charge in [0.25, 0.3) is 0 Å². The van der Waals surface area contributed by atoms with Crippen LogP contribution in [0.1, 0.15) is 25.0 Å². The van der Waals surface area contributed by atoms with E-state index in [1.54, 1.807) is 7.11 Å². The summed E-state index contributed by atoms with van der Waals surface area (Å²) in [4.78, 5) is 0. The lowest BCUT2D eigenvalue weighted by molar-refractivity contribution is 0.371. The molecule has 3 heteroatoms. The fourth-order valence-electron chi connectivity index (χ4n) is 1.60. The van der Waals surface area contributed by atoms with Gasteiger partial charge in [0.1, 0.15) is 13.6 Å². The molecule has 2 radical (unpaired) electrons. The molecular formula is C15H16BClO. The quantitative estimate of drug-likeness (QED) is 0.441. The second-order valence-corrected chi connectivity index (χ2v) is 4.36. The Morgan fingerprint density at radius 1 is 1.44 bits per heavy atom. The second-order valence-electron chi connectivity index (χ2n) is 3.95. The average Bonchev–Trinajstić information content (AvgIpc) is 2.35. The third-order valence-corrected chi connectivity index (χ3v) is 2.86. The summed E-state index contributed by atoms with van der Waals surface area (Å²) in [5.41, 5.74) is 3.55. The van der Waals surface area contributed by atoms with Gasteiger partial charge < -0.3 is 4.74 Å². The molecule has 1 nitrogen and oxygen atoms in total. The SMILES string of the molecule is [B]/C(C)=C/C(=C\C)c1ccc(C(=C)OC)cc1Cl. The van der Waals surface area contributed by atoms with Crippen LogP contribution in [0.15, 0.2) is 42.4 Å². The number of allylic oxidation sites excluding steroid dienone is 4. The van der Waals surface area contributed by atoms with Gasteiger partial charge in [-0.1, -0.05) is 49.4 Å². The van der Waals surface area contributed by atoms with Crippen LogP contribution in [0.4, 0.5) is 0 Å². The monoisotopic (exact) mass is 258 g/mol. The van der Waals surface area contributed by atoms with E-state index >= 15 is 0 Å². The number of halogens is 1. The van der Waals surface area contributed by atoms with Gasteiger partial charge in [0.2, 0.25) is 0 Å². The summed E-state index contributed by atoms with van der Waals surface area (Å²) in [6, 6.07) is 5.71. The second kappa shape index (κ2) is 6.51. The summed E-state index contributed by atoms with van der Waals surface area (Å²) in [6.07, 6.45) is 3.87. The molecule has 0 saturated carbocycles. The Kier molecular flexibility index (Phi) is 5.30. The van der Waals surface area contributed by atoms with E-state index in [1.165, 1.54) is 0 Å². The van der Waals surface area contributed by atoms with Crippen LogP contribution >= 0.6 is 11.6 Å². The third-order valence-electron chi connectivity index (χ3n) is 2.54. The molecule has 0 spiro atoms. The van der Waals surface area contributed by atoms with Crippen molar-refractivity contribution in [2.45, 2.75) is 13.8 Å². The van der Waals surface area contributed by atoms with Gasteiger partial charge in [-0.15, -0.1) is 5.47 Å². The molecule has 0 saturated heterocycles. The Morgan fingerprint density at radius 3 is 2.56 bits per heavy atom. The van der Waals surface area contributed by atoms with E-state index in [0.29, 0.717) is 10.8 Å². The summed E-state index contributed by atoms with van der Waals surface area (Å²) in [5.74, 6) is 0.594. The smallest absolute Gasteiger partial charge is 0.118 e. The molecule has 0 N–H and O–H groups in total. The van der Waals surface area contributed by atoms with Gasteiger partial charge in [-0.25, -0.2) is 0 Å². The Balaban J connectivity index is 3.20. The summed E-state index contributed by atoms with van der Waals surface area (Å²) in [5, 5.41) is 0.649. The van der Waals surface area contributed by atoms with Crippen molar-refractivity contribution in [1.29, 1.82) is 0 Å². The van der Waals surface area contributed by atoms with Gasteiger partial charge in [0.05, 0.1) is 7.11 Å². The summed E-state index contributed by atoms with van der Waals surface area (Å²) < 4.78 is 5.08. The van der Waals surface area contributed by atoms with E-state index in [0.717, 1.165) is 22.2 Å². The third kappa shape index (κ3) is 3.54.